The fourth-order valence-electron chi connectivity index (χ4n) is 5.88. The molecular formula is C29H28N4O2. The minimum absolute atomic E-state index is 0.0838. The van der Waals surface area contributed by atoms with Crippen molar-refractivity contribution in [2.75, 3.05) is 18.4 Å². The average Bonchev–Trinajstić information content (AvgIpc) is 2.85. The number of pyridine rings is 2. The number of aromatic nitrogens is 2. The molecule has 1 amide bonds. The summed E-state index contributed by atoms with van der Waals surface area (Å²) in [7, 11) is 0. The van der Waals surface area contributed by atoms with Crippen molar-refractivity contribution in [3.05, 3.63) is 94.5 Å². The predicted molar refractivity (Wildman–Crippen MR) is 138 cm³/mol. The zero-order valence-electron chi connectivity index (χ0n) is 19.8. The van der Waals surface area contributed by atoms with Crippen LogP contribution >= 0.6 is 0 Å². The molecule has 0 spiro atoms. The number of likely N-dealkylation sites (tertiary alicyclic amines) is 1. The van der Waals surface area contributed by atoms with Crippen LogP contribution in [0.15, 0.2) is 77.7 Å². The lowest BCUT2D eigenvalue weighted by Gasteiger charge is -2.43. The number of nitrogens with one attached hydrogen (secondary N) is 1. The van der Waals surface area contributed by atoms with Gasteiger partial charge in [0.2, 0.25) is 5.91 Å². The molecule has 2 bridgehead atoms. The van der Waals surface area contributed by atoms with Gasteiger partial charge in [-0.3, -0.25) is 19.5 Å². The molecule has 1 N–H and O–H groups in total. The zero-order chi connectivity index (χ0) is 23.9. The Morgan fingerprint density at radius 3 is 2.69 bits per heavy atom. The van der Waals surface area contributed by atoms with E-state index in [2.05, 4.69) is 33.4 Å². The number of hydrogen-bond acceptors (Lipinski definition) is 4. The summed E-state index contributed by atoms with van der Waals surface area (Å²) in [6, 6.07) is 22.0. The minimum Gasteiger partial charge on any atom is -0.326 e. The molecule has 2 aromatic heterocycles. The Morgan fingerprint density at radius 2 is 1.86 bits per heavy atom. The summed E-state index contributed by atoms with van der Waals surface area (Å²) < 4.78 is 2.00. The number of carbonyl (C=O) groups is 1. The van der Waals surface area contributed by atoms with E-state index in [0.29, 0.717) is 11.8 Å². The second kappa shape index (κ2) is 8.78. The van der Waals surface area contributed by atoms with Gasteiger partial charge >= 0.3 is 0 Å². The van der Waals surface area contributed by atoms with Gasteiger partial charge in [0, 0.05) is 73.6 Å². The molecular weight excluding hydrogens is 436 g/mol. The molecule has 0 aliphatic carbocycles. The van der Waals surface area contributed by atoms with Gasteiger partial charge in [-0.05, 0) is 53.8 Å². The van der Waals surface area contributed by atoms with Crippen molar-refractivity contribution in [1.82, 2.24) is 14.5 Å². The SMILES string of the molecule is CC(=O)Nc1ccc(-c2ccc(=O)n3c2[C@@H]2C[C@@H](CN(Cc4cnc5ccccc5c4)C2)C3)cc1. The van der Waals surface area contributed by atoms with E-state index >= 15 is 0 Å². The van der Waals surface area contributed by atoms with E-state index in [0.717, 1.165) is 60.6 Å². The predicted octanol–water partition coefficient (Wildman–Crippen LogP) is 4.64. The van der Waals surface area contributed by atoms with Gasteiger partial charge in [-0.1, -0.05) is 30.3 Å². The van der Waals surface area contributed by atoms with Crippen LogP contribution in [-0.2, 0) is 17.9 Å². The number of amides is 1. The van der Waals surface area contributed by atoms with E-state index in [-0.39, 0.29) is 11.5 Å². The molecule has 4 heterocycles. The number of nitrogens with zero attached hydrogens (tertiary/aromatic N) is 3. The molecule has 2 atom stereocenters. The third-order valence-corrected chi connectivity index (χ3v) is 7.24. The van der Waals surface area contributed by atoms with Gasteiger partial charge in [0.05, 0.1) is 5.52 Å². The highest BCUT2D eigenvalue weighted by Gasteiger charge is 2.36. The lowest BCUT2D eigenvalue weighted by molar-refractivity contribution is -0.114. The van der Waals surface area contributed by atoms with E-state index < -0.39 is 0 Å². The maximum absolute atomic E-state index is 12.8. The second-order valence-electron chi connectivity index (χ2n) is 9.87. The minimum atomic E-state index is -0.0867. The van der Waals surface area contributed by atoms with E-state index in [1.54, 1.807) is 6.07 Å². The molecule has 1 fully saturated rings. The monoisotopic (exact) mass is 464 g/mol. The van der Waals surface area contributed by atoms with Crippen molar-refractivity contribution in [2.45, 2.75) is 32.4 Å². The highest BCUT2D eigenvalue weighted by Crippen LogP contribution is 2.40. The molecule has 2 aromatic carbocycles. The highest BCUT2D eigenvalue weighted by molar-refractivity contribution is 5.89. The van der Waals surface area contributed by atoms with E-state index in [1.165, 1.54) is 17.9 Å². The van der Waals surface area contributed by atoms with Gasteiger partial charge in [0.1, 0.15) is 0 Å². The van der Waals surface area contributed by atoms with Crippen molar-refractivity contribution in [3.8, 4) is 11.1 Å². The average molecular weight is 465 g/mol. The van der Waals surface area contributed by atoms with Crippen LogP contribution in [0.5, 0.6) is 0 Å². The van der Waals surface area contributed by atoms with Crippen molar-refractivity contribution in [2.24, 2.45) is 5.92 Å². The normalized spacial score (nSPS) is 19.3. The van der Waals surface area contributed by atoms with Gasteiger partial charge in [-0.25, -0.2) is 0 Å². The van der Waals surface area contributed by atoms with Gasteiger partial charge in [0.15, 0.2) is 0 Å². The molecule has 0 unspecified atom stereocenters. The van der Waals surface area contributed by atoms with Gasteiger partial charge < -0.3 is 9.88 Å². The van der Waals surface area contributed by atoms with Gasteiger partial charge in [-0.2, -0.15) is 0 Å². The summed E-state index contributed by atoms with van der Waals surface area (Å²) in [6.45, 7) is 5.04. The van der Waals surface area contributed by atoms with E-state index in [9.17, 15) is 9.59 Å². The molecule has 4 aromatic rings. The Labute approximate surface area is 204 Å². The van der Waals surface area contributed by atoms with Crippen LogP contribution in [-0.4, -0.2) is 33.4 Å². The van der Waals surface area contributed by atoms with Crippen molar-refractivity contribution < 1.29 is 4.79 Å². The molecule has 2 aliphatic heterocycles. The Balaban J connectivity index is 1.30. The summed E-state index contributed by atoms with van der Waals surface area (Å²) in [5.74, 6) is 0.677. The van der Waals surface area contributed by atoms with Crippen LogP contribution in [0.3, 0.4) is 0 Å². The van der Waals surface area contributed by atoms with Crippen LogP contribution in [0.4, 0.5) is 5.69 Å². The lowest BCUT2D eigenvalue weighted by atomic mass is 9.80. The lowest BCUT2D eigenvalue weighted by Crippen LogP contribution is -2.47. The summed E-state index contributed by atoms with van der Waals surface area (Å²) in [5.41, 5.74) is 6.42. The van der Waals surface area contributed by atoms with Gasteiger partial charge in [0.25, 0.3) is 5.56 Å². The molecule has 35 heavy (non-hydrogen) atoms. The summed E-state index contributed by atoms with van der Waals surface area (Å²) in [6.07, 6.45) is 3.10. The molecule has 6 rings (SSSR count). The fraction of sp³-hybridized carbons (Fsp3) is 0.276. The number of carbonyl (C=O) groups excluding carboxylic acids is 1. The first-order valence-electron chi connectivity index (χ1n) is 12.2. The van der Waals surface area contributed by atoms with Gasteiger partial charge in [-0.15, -0.1) is 0 Å². The second-order valence-corrected chi connectivity index (χ2v) is 9.87. The van der Waals surface area contributed by atoms with Crippen molar-refractivity contribution in [3.63, 3.8) is 0 Å². The maximum Gasteiger partial charge on any atom is 0.250 e. The molecule has 6 heteroatoms. The van der Waals surface area contributed by atoms with Crippen molar-refractivity contribution in [1.29, 1.82) is 0 Å². The van der Waals surface area contributed by atoms with E-state index in [4.69, 9.17) is 0 Å². The largest absolute Gasteiger partial charge is 0.326 e. The topological polar surface area (TPSA) is 67.2 Å². The van der Waals surface area contributed by atoms with Crippen LogP contribution in [0.2, 0.25) is 0 Å². The first-order chi connectivity index (χ1) is 17.0. The number of benzene rings is 2. The number of fused-ring (bicyclic) bond motifs is 5. The Hall–Kier alpha value is -3.77. The molecule has 0 radical (unpaired) electrons. The van der Waals surface area contributed by atoms with Crippen LogP contribution in [0, 0.1) is 5.92 Å². The summed E-state index contributed by atoms with van der Waals surface area (Å²) >= 11 is 0. The van der Waals surface area contributed by atoms with Crippen molar-refractivity contribution >= 4 is 22.5 Å². The zero-order valence-corrected chi connectivity index (χ0v) is 19.8. The van der Waals surface area contributed by atoms with Crippen LogP contribution in [0.25, 0.3) is 22.0 Å². The fourth-order valence-corrected chi connectivity index (χ4v) is 5.88. The standard InChI is InChI=1S/C29H28N4O2/c1-19(34)31-25-8-6-22(7-9-25)26-10-11-28(35)33-17-21-13-24(29(26)33)18-32(16-21)15-20-12-23-4-2-3-5-27(23)30-14-20/h2-12,14,21,24H,13,15-18H2,1H3,(H,31,34)/t21-,24+/m0/s1. The molecule has 176 valence electrons. The highest BCUT2D eigenvalue weighted by atomic mass is 16.1. The number of hydrogen-bond donors (Lipinski definition) is 1. The first kappa shape index (κ1) is 21.7. The first-order valence-corrected chi connectivity index (χ1v) is 12.2. The quantitative estimate of drug-likeness (QED) is 0.478. The van der Waals surface area contributed by atoms with Crippen LogP contribution in [0.1, 0.15) is 30.5 Å². The number of para-hydroxylation sites is 1. The maximum atomic E-state index is 12.8. The Bertz CT molecular complexity index is 1470. The number of anilines is 1. The van der Waals surface area contributed by atoms with E-state index in [1.807, 2.05) is 53.2 Å². The summed E-state index contributed by atoms with van der Waals surface area (Å²) in [5, 5.41) is 3.99. The molecule has 0 saturated carbocycles. The number of piperidine rings is 1. The third-order valence-electron chi connectivity index (χ3n) is 7.24. The molecule has 2 aliphatic rings. The molecule has 1 saturated heterocycles. The Kier molecular flexibility index (Phi) is 5.46. The number of rotatable bonds is 4. The molecule has 6 nitrogen and oxygen atoms in total. The smallest absolute Gasteiger partial charge is 0.250 e. The Morgan fingerprint density at radius 1 is 1.03 bits per heavy atom. The summed E-state index contributed by atoms with van der Waals surface area (Å²) in [4.78, 5) is 31.4. The van der Waals surface area contributed by atoms with Crippen LogP contribution < -0.4 is 10.9 Å². The third kappa shape index (κ3) is 4.26.